The number of β-lactam (4-membered cyclic amide) rings is 1. The molecule has 1 heterocycles. The Labute approximate surface area is 264 Å². The molecule has 0 spiro atoms. The van der Waals surface area contributed by atoms with Gasteiger partial charge in [0.1, 0.15) is 17.8 Å². The summed E-state index contributed by atoms with van der Waals surface area (Å²) in [5, 5.41) is 3.04. The Morgan fingerprint density at radius 3 is 2.16 bits per heavy atom. The van der Waals surface area contributed by atoms with Crippen LogP contribution >= 0.6 is 0 Å². The van der Waals surface area contributed by atoms with Crippen molar-refractivity contribution in [2.75, 3.05) is 0 Å². The van der Waals surface area contributed by atoms with E-state index in [0.717, 1.165) is 34.4 Å². The largest absolute Gasteiger partial charge is 0.469 e. The molecule has 0 saturated carbocycles. The number of esters is 2. The van der Waals surface area contributed by atoms with Crippen LogP contribution < -0.4 is 10.1 Å². The quantitative estimate of drug-likeness (QED) is 0.165. The Bertz CT molecular complexity index is 1470. The first-order valence-electron chi connectivity index (χ1n) is 15.5. The smallest absolute Gasteiger partial charge is 0.347 e. The number of nitrogens with one attached hydrogen (secondary N) is 1. The Balaban J connectivity index is 1.41. The second-order valence-corrected chi connectivity index (χ2v) is 11.4. The number of ether oxygens (including phenoxy) is 3. The zero-order chi connectivity index (χ0) is 32.6. The summed E-state index contributed by atoms with van der Waals surface area (Å²) in [6, 6.07) is 22.6. The molecule has 9 nitrogen and oxygen atoms in total. The molecule has 0 aliphatic carbocycles. The number of rotatable bonds is 13. The number of benzene rings is 3. The number of aryl methyl sites for hydroxylation is 1. The van der Waals surface area contributed by atoms with Gasteiger partial charge >= 0.3 is 18.0 Å². The van der Waals surface area contributed by atoms with Gasteiger partial charge in [-0.1, -0.05) is 87.4 Å². The molecule has 0 unspecified atom stereocenters. The number of hydrogen-bond donors (Lipinski definition) is 1. The average Bonchev–Trinajstić information content (AvgIpc) is 3.05. The fourth-order valence-electron chi connectivity index (χ4n) is 5.45. The van der Waals surface area contributed by atoms with Crippen molar-refractivity contribution in [3.05, 3.63) is 101 Å². The first-order chi connectivity index (χ1) is 21.6. The molecule has 1 saturated heterocycles. The lowest BCUT2D eigenvalue weighted by molar-refractivity contribution is -0.191. The summed E-state index contributed by atoms with van der Waals surface area (Å²) in [6.45, 7) is 9.40. The van der Waals surface area contributed by atoms with Crippen LogP contribution in [-0.4, -0.2) is 41.1 Å². The van der Waals surface area contributed by atoms with Gasteiger partial charge in [-0.2, -0.15) is 0 Å². The minimum absolute atomic E-state index is 0.0779. The van der Waals surface area contributed by atoms with Crippen LogP contribution in [0, 0.1) is 12.3 Å². The summed E-state index contributed by atoms with van der Waals surface area (Å²) in [5.41, 5.74) is 2.28. The normalized spacial score (nSPS) is 16.6. The minimum atomic E-state index is -1.10. The summed E-state index contributed by atoms with van der Waals surface area (Å²) >= 11 is 0. The van der Waals surface area contributed by atoms with E-state index in [-0.39, 0.29) is 24.1 Å². The first kappa shape index (κ1) is 33.2. The van der Waals surface area contributed by atoms with Crippen molar-refractivity contribution < 1.29 is 33.4 Å². The van der Waals surface area contributed by atoms with E-state index in [4.69, 9.17) is 14.2 Å². The maximum Gasteiger partial charge on any atom is 0.347 e. The number of imide groups is 1. The van der Waals surface area contributed by atoms with Gasteiger partial charge in [-0.15, -0.1) is 0 Å². The van der Waals surface area contributed by atoms with Crippen molar-refractivity contribution in [3.8, 4) is 5.75 Å². The van der Waals surface area contributed by atoms with Gasteiger partial charge in [-0.3, -0.25) is 4.79 Å². The van der Waals surface area contributed by atoms with E-state index in [1.165, 1.54) is 19.1 Å². The summed E-state index contributed by atoms with van der Waals surface area (Å²) in [6.07, 6.45) is 0.638. The lowest BCUT2D eigenvalue weighted by Gasteiger charge is -2.53. The Kier molecular flexibility index (Phi) is 11.0. The third-order valence-corrected chi connectivity index (χ3v) is 8.36. The second-order valence-electron chi connectivity index (χ2n) is 11.4. The molecule has 238 valence electrons. The molecule has 4 rings (SSSR count). The monoisotopic (exact) mass is 614 g/mol. The molecule has 1 aliphatic rings. The number of carbonyl (C=O) groups is 4. The van der Waals surface area contributed by atoms with E-state index >= 15 is 0 Å². The Morgan fingerprint density at radius 1 is 0.911 bits per heavy atom. The topological polar surface area (TPSA) is 111 Å². The highest BCUT2D eigenvalue weighted by molar-refractivity contribution is 6.03. The summed E-state index contributed by atoms with van der Waals surface area (Å²) in [7, 11) is 0. The lowest BCUT2D eigenvalue weighted by atomic mass is 9.72. The third kappa shape index (κ3) is 7.53. The number of hydrogen-bond acceptors (Lipinski definition) is 7. The van der Waals surface area contributed by atoms with E-state index in [2.05, 4.69) is 5.32 Å². The summed E-state index contributed by atoms with van der Waals surface area (Å²) in [5.74, 6) is -1.24. The van der Waals surface area contributed by atoms with E-state index in [0.29, 0.717) is 18.6 Å². The number of carbonyl (C=O) groups excluding carboxylic acids is 4. The van der Waals surface area contributed by atoms with Crippen LogP contribution in [0.1, 0.15) is 86.5 Å². The van der Waals surface area contributed by atoms with Crippen LogP contribution in [0.25, 0.3) is 0 Å². The van der Waals surface area contributed by atoms with Crippen molar-refractivity contribution in [1.82, 2.24) is 10.2 Å². The predicted molar refractivity (Wildman–Crippen MR) is 169 cm³/mol. The molecule has 3 aromatic carbocycles. The van der Waals surface area contributed by atoms with Crippen molar-refractivity contribution in [1.29, 1.82) is 0 Å². The van der Waals surface area contributed by atoms with Gasteiger partial charge in [0.2, 0.25) is 5.91 Å². The van der Waals surface area contributed by atoms with Crippen molar-refractivity contribution in [3.63, 3.8) is 0 Å². The highest BCUT2D eigenvalue weighted by Crippen LogP contribution is 2.46. The zero-order valence-corrected chi connectivity index (χ0v) is 26.6. The van der Waals surface area contributed by atoms with Gasteiger partial charge in [0, 0.05) is 0 Å². The second kappa shape index (κ2) is 14.9. The minimum Gasteiger partial charge on any atom is -0.469 e. The van der Waals surface area contributed by atoms with Crippen LogP contribution in [0.2, 0.25) is 0 Å². The van der Waals surface area contributed by atoms with E-state index < -0.39 is 35.7 Å². The van der Waals surface area contributed by atoms with Crippen LogP contribution in [0.5, 0.6) is 5.75 Å². The molecule has 1 fully saturated rings. The van der Waals surface area contributed by atoms with E-state index in [1.54, 1.807) is 12.1 Å². The van der Waals surface area contributed by atoms with Crippen LogP contribution in [-0.2, 0) is 25.7 Å². The number of nitrogens with zero attached hydrogens (tertiary/aromatic N) is 1. The van der Waals surface area contributed by atoms with Gasteiger partial charge in [-0.05, 0) is 68.5 Å². The van der Waals surface area contributed by atoms with Crippen LogP contribution in [0.15, 0.2) is 78.9 Å². The molecule has 0 aromatic heterocycles. The molecule has 3 atom stereocenters. The molecule has 9 heteroatoms. The summed E-state index contributed by atoms with van der Waals surface area (Å²) in [4.78, 5) is 53.2. The molecular formula is C36H42N2O7. The van der Waals surface area contributed by atoms with Gasteiger partial charge in [-0.25, -0.2) is 19.3 Å². The molecule has 1 aliphatic heterocycles. The van der Waals surface area contributed by atoms with Crippen LogP contribution in [0.3, 0.4) is 0 Å². The average molecular weight is 615 g/mol. The molecule has 1 N–H and O–H groups in total. The van der Waals surface area contributed by atoms with Gasteiger partial charge in [0.05, 0.1) is 11.6 Å². The van der Waals surface area contributed by atoms with Gasteiger partial charge in [0.15, 0.2) is 12.3 Å². The van der Waals surface area contributed by atoms with E-state index in [1.807, 2.05) is 82.3 Å². The van der Waals surface area contributed by atoms with Crippen LogP contribution in [0.4, 0.5) is 4.79 Å². The van der Waals surface area contributed by atoms with Gasteiger partial charge in [0.25, 0.3) is 0 Å². The maximum atomic E-state index is 13.5. The van der Waals surface area contributed by atoms with Crippen molar-refractivity contribution in [2.24, 2.45) is 5.41 Å². The number of amides is 3. The molecule has 0 radical (unpaired) electrons. The maximum absolute atomic E-state index is 13.5. The molecule has 3 aromatic rings. The number of likely N-dealkylation sites (tertiary alicyclic amines) is 1. The fraction of sp³-hybridized carbons (Fsp3) is 0.389. The first-order valence-corrected chi connectivity index (χ1v) is 15.5. The Hall–Kier alpha value is -4.66. The predicted octanol–water partition coefficient (Wildman–Crippen LogP) is 6.89. The number of urea groups is 1. The Morgan fingerprint density at radius 2 is 1.56 bits per heavy atom. The van der Waals surface area contributed by atoms with Gasteiger partial charge < -0.3 is 19.5 Å². The highest BCUT2D eigenvalue weighted by Gasteiger charge is 2.63. The van der Waals surface area contributed by atoms with Crippen molar-refractivity contribution in [2.45, 2.75) is 85.3 Å². The standard InChI is InChI=1S/C36H42N2O7/c1-6-12-30(27-17-15-24(4)16-18-27)37-35(42)38-33(41)36(7-2,8-3)34(38)45-29-21-19-28(20-22-29)32(40)44-25(5)31(39)43-23-26-13-10-9-11-14-26/h9-11,13-22,25,30,34H,6-8,12,23H2,1-5H3,(H,37,42)/t25-,30+,34-/m0/s1. The SMILES string of the molecule is CCC[C@@H](NC(=O)N1C(=O)C(CC)(CC)[C@@H]1Oc1ccc(C(=O)O[C@@H](C)C(=O)OCc2ccccc2)cc1)c1ccc(C)cc1. The molecule has 0 bridgehead atoms. The molecular weight excluding hydrogens is 572 g/mol. The lowest BCUT2D eigenvalue weighted by Crippen LogP contribution is -2.73. The van der Waals surface area contributed by atoms with Crippen molar-refractivity contribution >= 4 is 23.9 Å². The fourth-order valence-corrected chi connectivity index (χ4v) is 5.45. The molecule has 45 heavy (non-hydrogen) atoms. The highest BCUT2D eigenvalue weighted by atomic mass is 16.6. The molecule has 3 amide bonds. The van der Waals surface area contributed by atoms with E-state index in [9.17, 15) is 19.2 Å². The zero-order valence-electron chi connectivity index (χ0n) is 26.6. The summed E-state index contributed by atoms with van der Waals surface area (Å²) < 4.78 is 16.8. The third-order valence-electron chi connectivity index (χ3n) is 8.36.